The molecule has 0 aliphatic heterocycles. The van der Waals surface area contributed by atoms with E-state index in [0.29, 0.717) is 4.88 Å². The van der Waals surface area contributed by atoms with E-state index in [1.807, 2.05) is 41.9 Å². The average molecular weight is 416 g/mol. The minimum atomic E-state index is -0.904. The van der Waals surface area contributed by atoms with Crippen LogP contribution < -0.4 is 0 Å². The number of hydrogen-bond acceptors (Lipinski definition) is 3. The van der Waals surface area contributed by atoms with Crippen LogP contribution in [-0.4, -0.2) is 25.8 Å². The van der Waals surface area contributed by atoms with Gasteiger partial charge in [-0.25, -0.2) is 9.48 Å². The number of H-pyrrole nitrogens is 1. The smallest absolute Gasteiger partial charge is 0.345 e. The highest BCUT2D eigenvalue weighted by Gasteiger charge is 2.21. The SMILES string of the molecule is CCc1sc(C(=O)O)cc1-c1c(Br)cnn1-c1cc2ccccc2[nH]1. The highest BCUT2D eigenvalue weighted by atomic mass is 79.9. The lowest BCUT2D eigenvalue weighted by molar-refractivity contribution is 0.0702. The number of carbonyl (C=O) groups is 1. The number of thiophene rings is 1. The second kappa shape index (κ2) is 6.16. The lowest BCUT2D eigenvalue weighted by Crippen LogP contribution is -2.00. The fraction of sp³-hybridized carbons (Fsp3) is 0.111. The van der Waals surface area contributed by atoms with Crippen LogP contribution in [0.5, 0.6) is 0 Å². The highest BCUT2D eigenvalue weighted by molar-refractivity contribution is 9.10. The Morgan fingerprint density at radius 3 is 2.88 bits per heavy atom. The zero-order chi connectivity index (χ0) is 17.6. The van der Waals surface area contributed by atoms with Gasteiger partial charge in [0.1, 0.15) is 10.7 Å². The number of aryl methyl sites for hydroxylation is 1. The molecule has 3 aromatic heterocycles. The molecule has 3 heterocycles. The molecule has 1 aromatic carbocycles. The Kier molecular flexibility index (Phi) is 3.97. The molecule has 7 heteroatoms. The summed E-state index contributed by atoms with van der Waals surface area (Å²) in [6, 6.07) is 11.8. The number of fused-ring (bicyclic) bond motifs is 1. The molecule has 0 saturated carbocycles. The Bertz CT molecular complexity index is 1060. The van der Waals surface area contributed by atoms with Crippen LogP contribution in [0.15, 0.2) is 47.1 Å². The Balaban J connectivity index is 1.92. The molecule has 0 amide bonds. The van der Waals surface area contributed by atoms with Crippen molar-refractivity contribution in [2.45, 2.75) is 13.3 Å². The summed E-state index contributed by atoms with van der Waals surface area (Å²) in [7, 11) is 0. The van der Waals surface area contributed by atoms with Gasteiger partial charge in [0.15, 0.2) is 0 Å². The molecule has 0 spiro atoms. The normalized spacial score (nSPS) is 11.3. The molecular weight excluding hydrogens is 402 g/mol. The maximum Gasteiger partial charge on any atom is 0.345 e. The minimum Gasteiger partial charge on any atom is -0.477 e. The van der Waals surface area contributed by atoms with E-state index in [1.165, 1.54) is 11.3 Å². The number of aromatic carboxylic acids is 1. The standard InChI is InChI=1S/C18H14BrN3O2S/c1-2-14-11(8-15(25-14)18(23)24)17-12(19)9-20-22(17)16-7-10-5-3-4-6-13(10)21-16/h3-9,21H,2H2,1H3,(H,23,24). The number of aromatic nitrogens is 3. The van der Waals surface area contributed by atoms with Crippen molar-refractivity contribution >= 4 is 44.1 Å². The third-order valence-corrected chi connectivity index (χ3v) is 5.91. The summed E-state index contributed by atoms with van der Waals surface area (Å²) < 4.78 is 2.65. The summed E-state index contributed by atoms with van der Waals surface area (Å²) in [5, 5.41) is 14.9. The number of rotatable bonds is 4. The first kappa shape index (κ1) is 16.1. The topological polar surface area (TPSA) is 70.9 Å². The zero-order valence-corrected chi connectivity index (χ0v) is 15.7. The minimum absolute atomic E-state index is 0.336. The third kappa shape index (κ3) is 2.69. The van der Waals surface area contributed by atoms with Crippen LogP contribution in [0.2, 0.25) is 0 Å². The lowest BCUT2D eigenvalue weighted by Gasteiger charge is -2.06. The average Bonchev–Trinajstić information content (AvgIpc) is 3.29. The Morgan fingerprint density at radius 1 is 1.36 bits per heavy atom. The second-order valence-corrected chi connectivity index (χ2v) is 7.59. The molecule has 25 heavy (non-hydrogen) atoms. The van der Waals surface area contributed by atoms with Crippen molar-refractivity contribution < 1.29 is 9.90 Å². The number of aromatic amines is 1. The van der Waals surface area contributed by atoms with Gasteiger partial charge >= 0.3 is 5.97 Å². The van der Waals surface area contributed by atoms with Crippen molar-refractivity contribution in [2.75, 3.05) is 0 Å². The maximum atomic E-state index is 11.4. The Hall–Kier alpha value is -2.38. The van der Waals surface area contributed by atoms with E-state index >= 15 is 0 Å². The van der Waals surface area contributed by atoms with Crippen molar-refractivity contribution in [3.05, 3.63) is 56.8 Å². The number of carboxylic acids is 1. The maximum absolute atomic E-state index is 11.4. The largest absolute Gasteiger partial charge is 0.477 e. The number of hydrogen-bond donors (Lipinski definition) is 2. The summed E-state index contributed by atoms with van der Waals surface area (Å²) in [5.41, 5.74) is 2.78. The van der Waals surface area contributed by atoms with E-state index in [2.05, 4.69) is 26.0 Å². The van der Waals surface area contributed by atoms with Gasteiger partial charge in [-0.3, -0.25) is 0 Å². The van der Waals surface area contributed by atoms with Crippen LogP contribution in [-0.2, 0) is 6.42 Å². The first-order chi connectivity index (χ1) is 12.1. The van der Waals surface area contributed by atoms with Gasteiger partial charge in [-0.2, -0.15) is 5.10 Å². The fourth-order valence-corrected chi connectivity index (χ4v) is 4.34. The number of nitrogens with one attached hydrogen (secondary N) is 1. The number of benzene rings is 1. The van der Waals surface area contributed by atoms with E-state index in [1.54, 1.807) is 12.3 Å². The molecule has 0 bridgehead atoms. The summed E-state index contributed by atoms with van der Waals surface area (Å²) in [6.45, 7) is 2.03. The van der Waals surface area contributed by atoms with Gasteiger partial charge in [-0.1, -0.05) is 25.1 Å². The van der Waals surface area contributed by atoms with Gasteiger partial charge in [0.25, 0.3) is 0 Å². The monoisotopic (exact) mass is 415 g/mol. The van der Waals surface area contributed by atoms with Gasteiger partial charge in [-0.05, 0) is 40.5 Å². The number of halogens is 1. The van der Waals surface area contributed by atoms with Crippen molar-refractivity contribution in [3.8, 4) is 17.1 Å². The summed E-state index contributed by atoms with van der Waals surface area (Å²) in [5.74, 6) is -0.0641. The first-order valence-electron chi connectivity index (χ1n) is 7.76. The molecule has 0 unspecified atom stereocenters. The van der Waals surface area contributed by atoms with Crippen LogP contribution in [0, 0.1) is 0 Å². The molecule has 0 aliphatic carbocycles. The molecule has 0 aliphatic rings. The molecule has 0 radical (unpaired) electrons. The predicted molar refractivity (Wildman–Crippen MR) is 103 cm³/mol. The Morgan fingerprint density at radius 2 is 2.16 bits per heavy atom. The summed E-state index contributed by atoms with van der Waals surface area (Å²) in [4.78, 5) is 16.1. The summed E-state index contributed by atoms with van der Waals surface area (Å²) >= 11 is 4.88. The highest BCUT2D eigenvalue weighted by Crippen LogP contribution is 2.37. The van der Waals surface area contributed by atoms with E-state index in [4.69, 9.17) is 0 Å². The molecule has 5 nitrogen and oxygen atoms in total. The van der Waals surface area contributed by atoms with E-state index in [-0.39, 0.29) is 0 Å². The van der Waals surface area contributed by atoms with Crippen LogP contribution in [0.1, 0.15) is 21.5 Å². The summed E-state index contributed by atoms with van der Waals surface area (Å²) in [6.07, 6.45) is 2.50. The van der Waals surface area contributed by atoms with E-state index in [9.17, 15) is 9.90 Å². The molecule has 0 saturated heterocycles. The van der Waals surface area contributed by atoms with Crippen LogP contribution >= 0.6 is 27.3 Å². The number of nitrogens with zero attached hydrogens (tertiary/aromatic N) is 2. The van der Waals surface area contributed by atoms with Crippen LogP contribution in [0.3, 0.4) is 0 Å². The van der Waals surface area contributed by atoms with E-state index < -0.39 is 5.97 Å². The molecule has 4 aromatic rings. The van der Waals surface area contributed by atoms with Crippen molar-refractivity contribution in [2.24, 2.45) is 0 Å². The molecular formula is C18H14BrN3O2S. The van der Waals surface area contributed by atoms with E-state index in [0.717, 1.165) is 43.7 Å². The first-order valence-corrected chi connectivity index (χ1v) is 9.37. The third-order valence-electron chi connectivity index (χ3n) is 4.06. The van der Waals surface area contributed by atoms with Crippen LogP contribution in [0.4, 0.5) is 0 Å². The Labute approximate surface area is 156 Å². The molecule has 2 N–H and O–H groups in total. The van der Waals surface area contributed by atoms with Gasteiger partial charge in [-0.15, -0.1) is 11.3 Å². The zero-order valence-electron chi connectivity index (χ0n) is 13.3. The van der Waals surface area contributed by atoms with Gasteiger partial charge in [0.2, 0.25) is 0 Å². The van der Waals surface area contributed by atoms with Crippen molar-refractivity contribution in [1.29, 1.82) is 0 Å². The van der Waals surface area contributed by atoms with Gasteiger partial charge in [0, 0.05) is 21.3 Å². The van der Waals surface area contributed by atoms with Gasteiger partial charge in [0.05, 0.1) is 16.4 Å². The van der Waals surface area contributed by atoms with Crippen molar-refractivity contribution in [3.63, 3.8) is 0 Å². The second-order valence-electron chi connectivity index (χ2n) is 5.60. The van der Waals surface area contributed by atoms with Gasteiger partial charge < -0.3 is 10.1 Å². The number of para-hydroxylation sites is 1. The number of carboxylic acid groups (broad SMARTS) is 1. The molecule has 4 rings (SSSR count). The molecule has 0 fully saturated rings. The fourth-order valence-electron chi connectivity index (χ4n) is 2.92. The molecule has 126 valence electrons. The molecule has 0 atom stereocenters. The quantitative estimate of drug-likeness (QED) is 0.486. The predicted octanol–water partition coefficient (Wildman–Crippen LogP) is 5.11. The van der Waals surface area contributed by atoms with Crippen molar-refractivity contribution in [1.82, 2.24) is 14.8 Å². The van der Waals surface area contributed by atoms with Crippen LogP contribution in [0.25, 0.3) is 28.0 Å². The lowest BCUT2D eigenvalue weighted by atomic mass is 10.1.